The molecule has 0 saturated carbocycles. The average molecular weight is 337 g/mol. The van der Waals surface area contributed by atoms with Gasteiger partial charge in [0.05, 0.1) is 16.9 Å². The van der Waals surface area contributed by atoms with Crippen molar-refractivity contribution in [2.75, 3.05) is 7.11 Å². The van der Waals surface area contributed by atoms with Crippen molar-refractivity contribution >= 4 is 15.7 Å². The first-order valence-corrected chi connectivity index (χ1v) is 8.08. The average Bonchev–Trinajstić information content (AvgIpc) is 2.54. The third kappa shape index (κ3) is 3.82. The Kier molecular flexibility index (Phi) is 4.92. The van der Waals surface area contributed by atoms with Crippen molar-refractivity contribution in [2.45, 2.75) is 17.9 Å². The number of nitro groups is 1. The molecule has 0 bridgehead atoms. The van der Waals surface area contributed by atoms with Crippen molar-refractivity contribution in [1.82, 2.24) is 9.71 Å². The summed E-state index contributed by atoms with van der Waals surface area (Å²) in [6.07, 6.45) is 3.13. The van der Waals surface area contributed by atoms with Crippen LogP contribution in [0.2, 0.25) is 0 Å². The van der Waals surface area contributed by atoms with E-state index < -0.39 is 26.7 Å². The van der Waals surface area contributed by atoms with Crippen LogP contribution >= 0.6 is 0 Å². The van der Waals surface area contributed by atoms with Crippen LogP contribution in [-0.4, -0.2) is 25.4 Å². The van der Waals surface area contributed by atoms with E-state index in [4.69, 9.17) is 4.74 Å². The van der Waals surface area contributed by atoms with Gasteiger partial charge in [0.2, 0.25) is 10.0 Å². The second kappa shape index (κ2) is 6.71. The van der Waals surface area contributed by atoms with Crippen molar-refractivity contribution in [1.29, 1.82) is 0 Å². The minimum Gasteiger partial charge on any atom is -0.490 e. The summed E-state index contributed by atoms with van der Waals surface area (Å²) in [6, 6.07) is 6.37. The van der Waals surface area contributed by atoms with Gasteiger partial charge in [0, 0.05) is 24.5 Å². The van der Waals surface area contributed by atoms with E-state index in [1.165, 1.54) is 19.2 Å². The van der Waals surface area contributed by atoms with Gasteiger partial charge in [-0.05, 0) is 30.7 Å². The highest BCUT2D eigenvalue weighted by atomic mass is 32.2. The van der Waals surface area contributed by atoms with Gasteiger partial charge in [-0.25, -0.2) is 13.1 Å². The Balaban J connectivity index is 2.33. The van der Waals surface area contributed by atoms with Crippen molar-refractivity contribution in [2.24, 2.45) is 0 Å². The maximum atomic E-state index is 12.4. The third-order valence-corrected chi connectivity index (χ3v) is 4.71. The molecule has 1 aromatic heterocycles. The molecule has 0 aliphatic heterocycles. The van der Waals surface area contributed by atoms with E-state index >= 15 is 0 Å². The Morgan fingerprint density at radius 2 is 2.09 bits per heavy atom. The Morgan fingerprint density at radius 3 is 2.65 bits per heavy atom. The van der Waals surface area contributed by atoms with Crippen LogP contribution in [0.3, 0.4) is 0 Å². The predicted molar refractivity (Wildman–Crippen MR) is 82.6 cm³/mol. The summed E-state index contributed by atoms with van der Waals surface area (Å²) in [7, 11) is -2.65. The van der Waals surface area contributed by atoms with Crippen LogP contribution < -0.4 is 9.46 Å². The van der Waals surface area contributed by atoms with Gasteiger partial charge in [0.25, 0.3) is 0 Å². The minimum absolute atomic E-state index is 0.00532. The highest BCUT2D eigenvalue weighted by Gasteiger charge is 2.23. The van der Waals surface area contributed by atoms with Gasteiger partial charge in [-0.3, -0.25) is 15.1 Å². The molecule has 1 unspecified atom stereocenters. The molecule has 2 rings (SSSR count). The number of aromatic nitrogens is 1. The molecule has 0 saturated heterocycles. The van der Waals surface area contributed by atoms with Crippen LogP contribution in [0, 0.1) is 10.1 Å². The fraction of sp³-hybridized carbons (Fsp3) is 0.214. The first kappa shape index (κ1) is 16.8. The van der Waals surface area contributed by atoms with Crippen LogP contribution in [0.4, 0.5) is 5.69 Å². The highest BCUT2D eigenvalue weighted by Crippen LogP contribution is 2.29. The van der Waals surface area contributed by atoms with Gasteiger partial charge in [-0.15, -0.1) is 0 Å². The standard InChI is InChI=1S/C14H15N3O5S/c1-10(11-4-3-7-15-9-11)16-23(20,21)12-5-6-14(22-2)13(8-12)17(18)19/h3-10,16H,1-2H3. The van der Waals surface area contributed by atoms with E-state index in [1.54, 1.807) is 31.5 Å². The van der Waals surface area contributed by atoms with Crippen LogP contribution in [0.1, 0.15) is 18.5 Å². The van der Waals surface area contributed by atoms with Gasteiger partial charge in [-0.1, -0.05) is 6.07 Å². The van der Waals surface area contributed by atoms with E-state index in [0.29, 0.717) is 5.56 Å². The topological polar surface area (TPSA) is 111 Å². The number of sulfonamides is 1. The van der Waals surface area contributed by atoms with E-state index in [0.717, 1.165) is 6.07 Å². The molecule has 2 aromatic rings. The van der Waals surface area contributed by atoms with Gasteiger partial charge >= 0.3 is 5.69 Å². The summed E-state index contributed by atoms with van der Waals surface area (Å²) in [5.41, 5.74) is 0.267. The number of pyridine rings is 1. The second-order valence-corrected chi connectivity index (χ2v) is 6.43. The van der Waals surface area contributed by atoms with Gasteiger partial charge in [0.15, 0.2) is 5.75 Å². The van der Waals surface area contributed by atoms with E-state index in [1.807, 2.05) is 0 Å². The quantitative estimate of drug-likeness (QED) is 0.638. The molecular weight excluding hydrogens is 322 g/mol. The first-order chi connectivity index (χ1) is 10.8. The zero-order valence-corrected chi connectivity index (χ0v) is 13.3. The molecular formula is C14H15N3O5S. The molecule has 0 radical (unpaired) electrons. The molecule has 1 heterocycles. The van der Waals surface area contributed by atoms with Gasteiger partial charge in [0.1, 0.15) is 0 Å². The summed E-state index contributed by atoms with van der Waals surface area (Å²) < 4.78 is 32.1. The minimum atomic E-state index is -3.93. The Labute approximate surface area is 133 Å². The normalized spacial score (nSPS) is 12.6. The molecule has 1 N–H and O–H groups in total. The molecule has 8 nitrogen and oxygen atoms in total. The molecule has 9 heteroatoms. The van der Waals surface area contributed by atoms with E-state index in [2.05, 4.69) is 9.71 Å². The summed E-state index contributed by atoms with van der Waals surface area (Å²) >= 11 is 0. The molecule has 0 amide bonds. The number of hydrogen-bond donors (Lipinski definition) is 1. The maximum Gasteiger partial charge on any atom is 0.312 e. The predicted octanol–water partition coefficient (Wildman–Crippen LogP) is 2.04. The van der Waals surface area contributed by atoms with Crippen LogP contribution in [0.25, 0.3) is 0 Å². The molecule has 23 heavy (non-hydrogen) atoms. The number of methoxy groups -OCH3 is 1. The lowest BCUT2D eigenvalue weighted by atomic mass is 10.2. The van der Waals surface area contributed by atoms with Crippen molar-refractivity contribution in [3.63, 3.8) is 0 Å². The largest absolute Gasteiger partial charge is 0.490 e. The SMILES string of the molecule is COc1ccc(S(=O)(=O)NC(C)c2cccnc2)cc1[N+](=O)[O-]. The molecule has 1 aromatic carbocycles. The summed E-state index contributed by atoms with van der Waals surface area (Å²) in [6.45, 7) is 1.66. The Bertz CT molecular complexity index is 808. The number of hydrogen-bond acceptors (Lipinski definition) is 6. The summed E-state index contributed by atoms with van der Waals surface area (Å²) in [5.74, 6) is -0.00532. The zero-order chi connectivity index (χ0) is 17.0. The van der Waals surface area contributed by atoms with E-state index in [9.17, 15) is 18.5 Å². The number of benzene rings is 1. The van der Waals surface area contributed by atoms with E-state index in [-0.39, 0.29) is 10.6 Å². The second-order valence-electron chi connectivity index (χ2n) is 4.72. The van der Waals surface area contributed by atoms with Gasteiger partial charge < -0.3 is 4.74 Å². The van der Waals surface area contributed by atoms with Crippen molar-refractivity contribution < 1.29 is 18.1 Å². The van der Waals surface area contributed by atoms with Crippen LogP contribution in [0.15, 0.2) is 47.6 Å². The molecule has 0 aliphatic rings. The smallest absolute Gasteiger partial charge is 0.312 e. The monoisotopic (exact) mass is 337 g/mol. The molecule has 0 fully saturated rings. The number of nitrogens with zero attached hydrogens (tertiary/aromatic N) is 2. The molecule has 0 aliphatic carbocycles. The molecule has 122 valence electrons. The Hall–Kier alpha value is -2.52. The van der Waals surface area contributed by atoms with Crippen molar-refractivity contribution in [3.05, 3.63) is 58.4 Å². The fourth-order valence-corrected chi connectivity index (χ4v) is 3.23. The number of rotatable bonds is 6. The highest BCUT2D eigenvalue weighted by molar-refractivity contribution is 7.89. The van der Waals surface area contributed by atoms with Gasteiger partial charge in [-0.2, -0.15) is 0 Å². The number of nitro benzene ring substituents is 1. The fourth-order valence-electron chi connectivity index (χ4n) is 1.98. The lowest BCUT2D eigenvalue weighted by molar-refractivity contribution is -0.386. The third-order valence-electron chi connectivity index (χ3n) is 3.17. The molecule has 0 spiro atoms. The number of ether oxygens (including phenoxy) is 1. The Morgan fingerprint density at radius 1 is 1.35 bits per heavy atom. The summed E-state index contributed by atoms with van der Waals surface area (Å²) in [5, 5.41) is 11.0. The first-order valence-electron chi connectivity index (χ1n) is 6.60. The maximum absolute atomic E-state index is 12.4. The zero-order valence-electron chi connectivity index (χ0n) is 12.5. The van der Waals surface area contributed by atoms with Crippen LogP contribution in [0.5, 0.6) is 5.75 Å². The molecule has 1 atom stereocenters. The van der Waals surface area contributed by atoms with Crippen molar-refractivity contribution in [3.8, 4) is 5.75 Å². The lowest BCUT2D eigenvalue weighted by Gasteiger charge is -2.14. The number of nitrogens with one attached hydrogen (secondary N) is 1. The lowest BCUT2D eigenvalue weighted by Crippen LogP contribution is -2.27. The summed E-state index contributed by atoms with van der Waals surface area (Å²) in [4.78, 5) is 14.0. The van der Waals surface area contributed by atoms with Crippen LogP contribution in [-0.2, 0) is 10.0 Å².